The molecule has 0 bridgehead atoms. The van der Waals surface area contributed by atoms with Crippen molar-refractivity contribution < 1.29 is 14.3 Å². The van der Waals surface area contributed by atoms with Crippen molar-refractivity contribution in [2.24, 2.45) is 0 Å². The van der Waals surface area contributed by atoms with Crippen LogP contribution in [-0.2, 0) is 9.53 Å². The number of hydrogen-bond donors (Lipinski definition) is 2. The van der Waals surface area contributed by atoms with Crippen LogP contribution in [0.3, 0.4) is 0 Å². The number of carbonyl (C=O) groups is 1. The first-order chi connectivity index (χ1) is 12.6. The van der Waals surface area contributed by atoms with Gasteiger partial charge >= 0.3 is 0 Å². The van der Waals surface area contributed by atoms with Gasteiger partial charge in [0.2, 0.25) is 11.1 Å². The van der Waals surface area contributed by atoms with E-state index in [0.717, 1.165) is 25.0 Å². The Morgan fingerprint density at radius 3 is 3.04 bits per heavy atom. The monoisotopic (exact) mass is 377 g/mol. The van der Waals surface area contributed by atoms with E-state index in [1.807, 2.05) is 31.2 Å². The van der Waals surface area contributed by atoms with Crippen LogP contribution in [0, 0.1) is 0 Å². The third kappa shape index (κ3) is 4.10. The first kappa shape index (κ1) is 18.5. The van der Waals surface area contributed by atoms with Crippen LogP contribution >= 0.6 is 11.8 Å². The van der Waals surface area contributed by atoms with Gasteiger partial charge in [0, 0.05) is 13.2 Å². The number of nitrogens with zero attached hydrogens (tertiary/aromatic N) is 3. The summed E-state index contributed by atoms with van der Waals surface area (Å²) < 4.78 is 12.2. The van der Waals surface area contributed by atoms with Crippen LogP contribution in [-0.4, -0.2) is 52.4 Å². The second kappa shape index (κ2) is 8.41. The predicted molar refractivity (Wildman–Crippen MR) is 99.5 cm³/mol. The van der Waals surface area contributed by atoms with Crippen LogP contribution in [0.1, 0.15) is 19.8 Å². The van der Waals surface area contributed by atoms with Crippen molar-refractivity contribution >= 4 is 17.7 Å². The molecule has 1 fully saturated rings. The number of amides is 1. The number of rotatable bonds is 7. The second-order valence-corrected chi connectivity index (χ2v) is 7.32. The van der Waals surface area contributed by atoms with Gasteiger partial charge in [-0.25, -0.2) is 4.68 Å². The molecule has 0 radical (unpaired) electrons. The fourth-order valence-corrected chi connectivity index (χ4v) is 3.54. The van der Waals surface area contributed by atoms with Gasteiger partial charge in [0.15, 0.2) is 5.82 Å². The van der Waals surface area contributed by atoms with Crippen LogP contribution in [0.2, 0.25) is 0 Å². The zero-order valence-corrected chi connectivity index (χ0v) is 15.7. The van der Waals surface area contributed by atoms with Gasteiger partial charge in [0.25, 0.3) is 0 Å². The maximum atomic E-state index is 12.3. The Morgan fingerprint density at radius 2 is 2.31 bits per heavy atom. The Morgan fingerprint density at radius 1 is 1.50 bits per heavy atom. The Hall–Kier alpha value is -2.26. The van der Waals surface area contributed by atoms with Gasteiger partial charge in [-0.2, -0.15) is 0 Å². The van der Waals surface area contributed by atoms with E-state index in [4.69, 9.17) is 15.3 Å². The number of carbonyl (C=O) groups excluding carboxylic acids is 1. The fourth-order valence-electron chi connectivity index (χ4n) is 2.75. The highest BCUT2D eigenvalue weighted by atomic mass is 32.2. The number of nitrogens with two attached hydrogens (primary N) is 1. The van der Waals surface area contributed by atoms with Crippen LogP contribution in [0.4, 0.5) is 0 Å². The summed E-state index contributed by atoms with van der Waals surface area (Å²) >= 11 is 1.26. The van der Waals surface area contributed by atoms with Gasteiger partial charge in [-0.1, -0.05) is 23.9 Å². The van der Waals surface area contributed by atoms with Crippen molar-refractivity contribution in [3.8, 4) is 17.1 Å². The quantitative estimate of drug-likeness (QED) is 0.556. The summed E-state index contributed by atoms with van der Waals surface area (Å²) in [6, 6.07) is 7.44. The summed E-state index contributed by atoms with van der Waals surface area (Å²) in [5.41, 5.74) is 0.743. The molecule has 2 aromatic rings. The van der Waals surface area contributed by atoms with E-state index in [-0.39, 0.29) is 17.3 Å². The third-order valence-corrected chi connectivity index (χ3v) is 5.25. The van der Waals surface area contributed by atoms with Gasteiger partial charge in [-0.15, -0.1) is 10.2 Å². The van der Waals surface area contributed by atoms with Gasteiger partial charge in [-0.05, 0) is 31.9 Å². The largest absolute Gasteiger partial charge is 0.496 e. The van der Waals surface area contributed by atoms with E-state index in [9.17, 15) is 4.79 Å². The molecule has 140 valence electrons. The summed E-state index contributed by atoms with van der Waals surface area (Å²) in [4.78, 5) is 12.3. The maximum absolute atomic E-state index is 12.3. The van der Waals surface area contributed by atoms with Gasteiger partial charge in [0.05, 0.1) is 24.0 Å². The molecule has 0 unspecified atom stereocenters. The number of nitrogen functional groups attached to an aromatic ring is 1. The van der Waals surface area contributed by atoms with Crippen molar-refractivity contribution in [1.29, 1.82) is 0 Å². The molecule has 9 heteroatoms. The minimum atomic E-state index is -0.353. The van der Waals surface area contributed by atoms with Crippen molar-refractivity contribution in [3.63, 3.8) is 0 Å². The molecule has 1 amide bonds. The molecule has 2 heterocycles. The number of hydrogen-bond acceptors (Lipinski definition) is 7. The molecule has 0 spiro atoms. The first-order valence-electron chi connectivity index (χ1n) is 8.50. The zero-order chi connectivity index (χ0) is 18.5. The van der Waals surface area contributed by atoms with Gasteiger partial charge < -0.3 is 20.6 Å². The Kier molecular flexibility index (Phi) is 6.00. The molecule has 1 aliphatic rings. The van der Waals surface area contributed by atoms with E-state index in [1.165, 1.54) is 16.4 Å². The number of aromatic nitrogens is 3. The SMILES string of the molecule is COc1ccccc1-c1nnc(S[C@H](C)C(=O)NC[C@H]2CCCO2)n1N. The average Bonchev–Trinajstić information content (AvgIpc) is 3.30. The number of nitrogens with one attached hydrogen (secondary N) is 1. The Labute approximate surface area is 156 Å². The van der Waals surface area contributed by atoms with E-state index in [1.54, 1.807) is 7.11 Å². The summed E-state index contributed by atoms with van der Waals surface area (Å²) in [6.45, 7) is 3.12. The standard InChI is InChI=1S/C17H23N5O3S/c1-11(16(23)19-10-12-6-5-9-25-12)26-17-21-20-15(22(17)18)13-7-3-4-8-14(13)24-2/h3-4,7-8,11-12H,5-6,9-10,18H2,1-2H3,(H,19,23)/t11-,12-/m1/s1. The molecule has 1 aliphatic heterocycles. The highest BCUT2D eigenvalue weighted by molar-refractivity contribution is 8.00. The minimum Gasteiger partial charge on any atom is -0.496 e. The molecule has 26 heavy (non-hydrogen) atoms. The van der Waals surface area contributed by atoms with E-state index >= 15 is 0 Å². The average molecular weight is 377 g/mol. The fraction of sp³-hybridized carbons (Fsp3) is 0.471. The molecule has 3 rings (SSSR count). The van der Waals surface area contributed by atoms with E-state index in [2.05, 4.69) is 15.5 Å². The second-order valence-electron chi connectivity index (χ2n) is 6.02. The molecule has 0 saturated carbocycles. The maximum Gasteiger partial charge on any atom is 0.233 e. The van der Waals surface area contributed by atoms with Crippen molar-refractivity contribution in [2.45, 2.75) is 36.3 Å². The minimum absolute atomic E-state index is 0.0765. The molecule has 0 aliphatic carbocycles. The Balaban J connectivity index is 1.64. The lowest BCUT2D eigenvalue weighted by Crippen LogP contribution is -2.36. The highest BCUT2D eigenvalue weighted by Gasteiger charge is 2.22. The molecule has 1 saturated heterocycles. The zero-order valence-electron chi connectivity index (χ0n) is 14.8. The van der Waals surface area contributed by atoms with E-state index in [0.29, 0.717) is 23.3 Å². The molecule has 8 nitrogen and oxygen atoms in total. The van der Waals surface area contributed by atoms with E-state index < -0.39 is 0 Å². The molecule has 1 aromatic heterocycles. The van der Waals surface area contributed by atoms with Crippen LogP contribution in [0.25, 0.3) is 11.4 Å². The third-order valence-electron chi connectivity index (χ3n) is 4.19. The Bertz CT molecular complexity index is 761. The molecule has 3 N–H and O–H groups in total. The van der Waals surface area contributed by atoms with Crippen LogP contribution in [0.15, 0.2) is 29.4 Å². The van der Waals surface area contributed by atoms with Crippen LogP contribution in [0.5, 0.6) is 5.75 Å². The summed E-state index contributed by atoms with van der Waals surface area (Å²) in [5.74, 6) is 7.21. The first-order valence-corrected chi connectivity index (χ1v) is 9.38. The highest BCUT2D eigenvalue weighted by Crippen LogP contribution is 2.30. The van der Waals surface area contributed by atoms with Crippen molar-refractivity contribution in [2.75, 3.05) is 26.1 Å². The molecule has 2 atom stereocenters. The van der Waals surface area contributed by atoms with Crippen LogP contribution < -0.4 is 15.9 Å². The number of methoxy groups -OCH3 is 1. The van der Waals surface area contributed by atoms with Crippen molar-refractivity contribution in [1.82, 2.24) is 20.2 Å². The van der Waals surface area contributed by atoms with Gasteiger partial charge in [0.1, 0.15) is 5.75 Å². The molecule has 1 aromatic carbocycles. The smallest absolute Gasteiger partial charge is 0.233 e. The lowest BCUT2D eigenvalue weighted by molar-refractivity contribution is -0.120. The molecular formula is C17H23N5O3S. The topological polar surface area (TPSA) is 104 Å². The number of benzene rings is 1. The number of thioether (sulfide) groups is 1. The lowest BCUT2D eigenvalue weighted by atomic mass is 10.2. The summed E-state index contributed by atoms with van der Waals surface area (Å²) in [5, 5.41) is 11.3. The summed E-state index contributed by atoms with van der Waals surface area (Å²) in [6.07, 6.45) is 2.15. The lowest BCUT2D eigenvalue weighted by Gasteiger charge is -2.14. The van der Waals surface area contributed by atoms with Gasteiger partial charge in [-0.3, -0.25) is 4.79 Å². The van der Waals surface area contributed by atoms with Crippen molar-refractivity contribution in [3.05, 3.63) is 24.3 Å². The normalized spacial score (nSPS) is 17.8. The summed E-state index contributed by atoms with van der Waals surface area (Å²) in [7, 11) is 1.59. The number of para-hydroxylation sites is 1. The molecular weight excluding hydrogens is 354 g/mol. The predicted octanol–water partition coefficient (Wildman–Crippen LogP) is 1.44. The number of ether oxygens (including phenoxy) is 2.